The number of rotatable bonds is 7. The number of aromatic nitrogens is 3. The standard InChI is InChI=1S/C28H28FN5O7/c1-28(2,3)26(39)34-27-32-22-18(24(37)33-27)13-16(14-30-22)7-6-15-8-9-19(29)17(12-15)23(36)31-20(25(38)41-5)10-11-21(35)40-4/h8-9,12-14,20H,10-11H2,1-5H3,(H,31,36)(H2,30,32,33,34,37,39)/t20-/m1/s1. The van der Waals surface area contributed by atoms with Gasteiger partial charge in [-0.1, -0.05) is 32.6 Å². The summed E-state index contributed by atoms with van der Waals surface area (Å²) in [7, 11) is 2.30. The first-order valence-electron chi connectivity index (χ1n) is 12.3. The van der Waals surface area contributed by atoms with Gasteiger partial charge in [0.25, 0.3) is 11.5 Å². The van der Waals surface area contributed by atoms with Crippen molar-refractivity contribution < 1.29 is 33.0 Å². The molecular formula is C28H28FN5O7. The van der Waals surface area contributed by atoms with Crippen molar-refractivity contribution in [1.29, 1.82) is 0 Å². The van der Waals surface area contributed by atoms with Crippen LogP contribution in [0.15, 0.2) is 35.3 Å². The number of halogens is 1. The van der Waals surface area contributed by atoms with Gasteiger partial charge in [0.05, 0.1) is 25.2 Å². The summed E-state index contributed by atoms with van der Waals surface area (Å²) in [6, 6.07) is 3.83. The third-order valence-corrected chi connectivity index (χ3v) is 5.69. The molecule has 0 aliphatic carbocycles. The fourth-order valence-corrected chi connectivity index (χ4v) is 3.36. The molecule has 0 aliphatic heterocycles. The number of esters is 2. The molecule has 0 spiro atoms. The van der Waals surface area contributed by atoms with E-state index in [1.807, 2.05) is 0 Å². The minimum absolute atomic E-state index is 0.0365. The van der Waals surface area contributed by atoms with Crippen LogP contribution >= 0.6 is 0 Å². The zero-order valence-corrected chi connectivity index (χ0v) is 23.0. The van der Waals surface area contributed by atoms with Crippen LogP contribution in [0, 0.1) is 23.1 Å². The molecule has 41 heavy (non-hydrogen) atoms. The maximum atomic E-state index is 14.5. The van der Waals surface area contributed by atoms with Crippen LogP contribution in [-0.2, 0) is 23.9 Å². The van der Waals surface area contributed by atoms with Crippen LogP contribution in [0.2, 0.25) is 0 Å². The molecule has 13 heteroatoms. The maximum Gasteiger partial charge on any atom is 0.328 e. The van der Waals surface area contributed by atoms with Gasteiger partial charge >= 0.3 is 11.9 Å². The van der Waals surface area contributed by atoms with Gasteiger partial charge in [0, 0.05) is 29.2 Å². The van der Waals surface area contributed by atoms with Crippen molar-refractivity contribution in [2.75, 3.05) is 19.5 Å². The van der Waals surface area contributed by atoms with E-state index >= 15 is 0 Å². The molecule has 3 aromatic rings. The van der Waals surface area contributed by atoms with Gasteiger partial charge < -0.3 is 14.8 Å². The van der Waals surface area contributed by atoms with Gasteiger partial charge in [-0.2, -0.15) is 4.98 Å². The smallest absolute Gasteiger partial charge is 0.328 e. The van der Waals surface area contributed by atoms with Crippen molar-refractivity contribution in [3.63, 3.8) is 0 Å². The number of hydrogen-bond donors (Lipinski definition) is 3. The highest BCUT2D eigenvalue weighted by Gasteiger charge is 2.25. The van der Waals surface area contributed by atoms with Crippen LogP contribution in [0.5, 0.6) is 0 Å². The van der Waals surface area contributed by atoms with Gasteiger partial charge in [-0.15, -0.1) is 0 Å². The minimum Gasteiger partial charge on any atom is -0.469 e. The molecule has 2 amide bonds. The summed E-state index contributed by atoms with van der Waals surface area (Å²) in [6.07, 6.45) is 1.09. The zero-order chi connectivity index (χ0) is 30.3. The first-order chi connectivity index (χ1) is 19.3. The third kappa shape index (κ3) is 7.95. The lowest BCUT2D eigenvalue weighted by atomic mass is 9.96. The number of pyridine rings is 1. The number of anilines is 1. The number of aromatic amines is 1. The Morgan fingerprint density at radius 1 is 1.07 bits per heavy atom. The molecule has 0 saturated carbocycles. The highest BCUT2D eigenvalue weighted by atomic mass is 19.1. The Balaban J connectivity index is 1.83. The number of hydrogen-bond acceptors (Lipinski definition) is 9. The number of ether oxygens (including phenoxy) is 2. The highest BCUT2D eigenvalue weighted by molar-refractivity contribution is 5.97. The molecule has 0 saturated heterocycles. The topological polar surface area (TPSA) is 169 Å². The van der Waals surface area contributed by atoms with E-state index < -0.39 is 40.7 Å². The monoisotopic (exact) mass is 565 g/mol. The number of nitrogens with zero attached hydrogens (tertiary/aromatic N) is 2. The van der Waals surface area contributed by atoms with Crippen LogP contribution in [0.25, 0.3) is 11.0 Å². The first-order valence-corrected chi connectivity index (χ1v) is 12.3. The van der Waals surface area contributed by atoms with E-state index in [9.17, 15) is 28.4 Å². The van der Waals surface area contributed by atoms with Crippen molar-refractivity contribution in [3.05, 3.63) is 63.3 Å². The quantitative estimate of drug-likeness (QED) is 0.287. The van der Waals surface area contributed by atoms with Gasteiger partial charge in [-0.25, -0.2) is 14.2 Å². The second kappa shape index (κ2) is 12.8. The highest BCUT2D eigenvalue weighted by Crippen LogP contribution is 2.16. The van der Waals surface area contributed by atoms with Gasteiger partial charge in [0.2, 0.25) is 11.9 Å². The Hall–Kier alpha value is -5.12. The number of carbonyl (C=O) groups excluding carboxylic acids is 4. The Bertz CT molecular complexity index is 1630. The molecule has 0 radical (unpaired) electrons. The van der Waals surface area contributed by atoms with Gasteiger partial charge in [-0.05, 0) is 30.7 Å². The second-order valence-corrected chi connectivity index (χ2v) is 9.82. The van der Waals surface area contributed by atoms with Crippen LogP contribution in [0.4, 0.5) is 10.3 Å². The second-order valence-electron chi connectivity index (χ2n) is 9.82. The Labute approximate surface area is 234 Å². The lowest BCUT2D eigenvalue weighted by molar-refractivity contribution is -0.144. The minimum atomic E-state index is -1.21. The average molecular weight is 566 g/mol. The lowest BCUT2D eigenvalue weighted by Gasteiger charge is -2.16. The Kier molecular flexibility index (Phi) is 9.51. The van der Waals surface area contributed by atoms with E-state index in [0.29, 0.717) is 5.56 Å². The molecule has 1 atom stereocenters. The normalized spacial score (nSPS) is 11.6. The number of amides is 2. The summed E-state index contributed by atoms with van der Waals surface area (Å²) >= 11 is 0. The van der Waals surface area contributed by atoms with E-state index in [2.05, 4.69) is 46.9 Å². The fraction of sp³-hybridized carbons (Fsp3) is 0.321. The predicted molar refractivity (Wildman–Crippen MR) is 145 cm³/mol. The van der Waals surface area contributed by atoms with E-state index in [0.717, 1.165) is 13.2 Å². The molecule has 3 rings (SSSR count). The molecule has 2 heterocycles. The van der Waals surface area contributed by atoms with Crippen LogP contribution in [0.1, 0.15) is 55.1 Å². The summed E-state index contributed by atoms with van der Waals surface area (Å²) in [5, 5.41) is 5.04. The molecule has 12 nitrogen and oxygen atoms in total. The lowest BCUT2D eigenvalue weighted by Crippen LogP contribution is -2.42. The summed E-state index contributed by atoms with van der Waals surface area (Å²) < 4.78 is 23.7. The fourth-order valence-electron chi connectivity index (χ4n) is 3.36. The van der Waals surface area contributed by atoms with Gasteiger partial charge in [0.15, 0.2) is 5.65 Å². The van der Waals surface area contributed by atoms with Gasteiger partial charge in [0.1, 0.15) is 11.9 Å². The molecule has 214 valence electrons. The number of benzene rings is 1. The molecule has 1 aromatic carbocycles. The average Bonchev–Trinajstić information content (AvgIpc) is 2.93. The van der Waals surface area contributed by atoms with Crippen LogP contribution in [0.3, 0.4) is 0 Å². The number of nitrogens with one attached hydrogen (secondary N) is 3. The Morgan fingerprint density at radius 2 is 1.78 bits per heavy atom. The van der Waals surface area contributed by atoms with E-state index in [4.69, 9.17) is 0 Å². The predicted octanol–water partition coefficient (Wildman–Crippen LogP) is 2.07. The van der Waals surface area contributed by atoms with E-state index in [1.54, 1.807) is 20.8 Å². The van der Waals surface area contributed by atoms with Crippen molar-refractivity contribution in [2.24, 2.45) is 5.41 Å². The molecule has 2 aromatic heterocycles. The summed E-state index contributed by atoms with van der Waals surface area (Å²) in [5.41, 5.74) is -0.936. The van der Waals surface area contributed by atoms with E-state index in [1.165, 1.54) is 31.5 Å². The maximum absolute atomic E-state index is 14.5. The SMILES string of the molecule is COC(=O)CC[C@@H](NC(=O)c1cc(C#Cc2cnc3nc(NC(=O)C(C)(C)C)[nH]c(=O)c3c2)ccc1F)C(=O)OC. The summed E-state index contributed by atoms with van der Waals surface area (Å²) in [5.74, 6) is 2.03. The largest absolute Gasteiger partial charge is 0.469 e. The zero-order valence-electron chi connectivity index (χ0n) is 23.0. The summed E-state index contributed by atoms with van der Waals surface area (Å²) in [4.78, 5) is 71.9. The van der Waals surface area contributed by atoms with Crippen molar-refractivity contribution >= 4 is 40.7 Å². The first kappa shape index (κ1) is 30.4. The molecule has 3 N–H and O–H groups in total. The molecular weight excluding hydrogens is 537 g/mol. The molecule has 0 fully saturated rings. The summed E-state index contributed by atoms with van der Waals surface area (Å²) in [6.45, 7) is 5.15. The third-order valence-electron chi connectivity index (χ3n) is 5.69. The molecule has 0 bridgehead atoms. The van der Waals surface area contributed by atoms with Crippen molar-refractivity contribution in [3.8, 4) is 11.8 Å². The number of methoxy groups -OCH3 is 2. The van der Waals surface area contributed by atoms with Crippen molar-refractivity contribution in [2.45, 2.75) is 39.7 Å². The number of carbonyl (C=O) groups is 4. The van der Waals surface area contributed by atoms with Crippen molar-refractivity contribution in [1.82, 2.24) is 20.3 Å². The number of fused-ring (bicyclic) bond motifs is 1. The van der Waals surface area contributed by atoms with Crippen LogP contribution in [-0.4, -0.2) is 59.0 Å². The molecule has 0 unspecified atom stereocenters. The van der Waals surface area contributed by atoms with Crippen LogP contribution < -0.4 is 16.2 Å². The Morgan fingerprint density at radius 3 is 2.44 bits per heavy atom. The number of H-pyrrole nitrogens is 1. The molecule has 0 aliphatic rings. The van der Waals surface area contributed by atoms with Gasteiger partial charge in [-0.3, -0.25) is 29.5 Å². The van der Waals surface area contributed by atoms with E-state index in [-0.39, 0.29) is 46.9 Å².